The van der Waals surface area contributed by atoms with Crippen molar-refractivity contribution in [1.82, 2.24) is 19.1 Å². The molecular weight excluding hydrogens is 410 g/mol. The summed E-state index contributed by atoms with van der Waals surface area (Å²) in [5, 5.41) is 0. The molecule has 164 valence electrons. The van der Waals surface area contributed by atoms with E-state index in [9.17, 15) is 14.4 Å². The van der Waals surface area contributed by atoms with Crippen LogP contribution in [0, 0.1) is 13.8 Å². The second kappa shape index (κ2) is 7.92. The maximum Gasteiger partial charge on any atom is 0.331 e. The molecule has 0 radical (unpaired) electrons. The number of primary amides is 1. The third kappa shape index (κ3) is 3.51. The summed E-state index contributed by atoms with van der Waals surface area (Å²) in [6, 6.07) is 8.50. The lowest BCUT2D eigenvalue weighted by Crippen LogP contribution is -2.28. The van der Waals surface area contributed by atoms with Gasteiger partial charge in [0.05, 0.1) is 12.8 Å². The van der Waals surface area contributed by atoms with Crippen molar-refractivity contribution >= 4 is 22.9 Å². The zero-order chi connectivity index (χ0) is 23.2. The van der Waals surface area contributed by atoms with Crippen LogP contribution in [0.25, 0.3) is 22.7 Å². The molecule has 3 heterocycles. The van der Waals surface area contributed by atoms with Crippen LogP contribution >= 0.6 is 0 Å². The fourth-order valence-corrected chi connectivity index (χ4v) is 3.83. The van der Waals surface area contributed by atoms with Gasteiger partial charge in [-0.2, -0.15) is 0 Å². The molecule has 32 heavy (non-hydrogen) atoms. The van der Waals surface area contributed by atoms with Crippen molar-refractivity contribution < 1.29 is 14.0 Å². The molecule has 3 aromatic heterocycles. The Balaban J connectivity index is 1.96. The molecular formula is C23H23N5O4. The maximum atomic E-state index is 13.3. The summed E-state index contributed by atoms with van der Waals surface area (Å²) in [6.07, 6.45) is 1.45. The topological polar surface area (TPSA) is 126 Å². The van der Waals surface area contributed by atoms with Crippen LogP contribution in [0.15, 0.2) is 45.8 Å². The number of furan rings is 1. The molecule has 4 aromatic rings. The van der Waals surface area contributed by atoms with E-state index in [0.29, 0.717) is 11.3 Å². The van der Waals surface area contributed by atoms with Crippen molar-refractivity contribution in [2.24, 2.45) is 5.73 Å². The summed E-state index contributed by atoms with van der Waals surface area (Å²) in [5.74, 6) is -0.642. The van der Waals surface area contributed by atoms with Gasteiger partial charge in [0, 0.05) is 11.6 Å². The Morgan fingerprint density at radius 3 is 2.50 bits per heavy atom. The number of hydrogen-bond acceptors (Lipinski definition) is 6. The number of nitrogens with zero attached hydrogens (tertiary/aromatic N) is 4. The van der Waals surface area contributed by atoms with Crippen molar-refractivity contribution in [2.75, 3.05) is 0 Å². The SMILES string of the molecule is Cc1ccc(C(=O)Cn2c(=O)n(C(C)C)c3nc(-c4ccco4)nc(C(N)=O)c32)c(C)c1. The second-order valence-corrected chi connectivity index (χ2v) is 7.98. The molecule has 2 N–H and O–H groups in total. The summed E-state index contributed by atoms with van der Waals surface area (Å²) < 4.78 is 8.01. The van der Waals surface area contributed by atoms with E-state index in [1.807, 2.05) is 39.8 Å². The minimum absolute atomic E-state index is 0.128. The number of carbonyl (C=O) groups is 2. The molecule has 4 rings (SSSR count). The van der Waals surface area contributed by atoms with Gasteiger partial charge in [0.15, 0.2) is 28.7 Å². The van der Waals surface area contributed by atoms with Gasteiger partial charge < -0.3 is 10.2 Å². The van der Waals surface area contributed by atoms with Crippen LogP contribution in [0.2, 0.25) is 0 Å². The van der Waals surface area contributed by atoms with E-state index in [1.165, 1.54) is 15.4 Å². The molecule has 0 fully saturated rings. The van der Waals surface area contributed by atoms with Crippen molar-refractivity contribution in [3.05, 3.63) is 69.5 Å². The van der Waals surface area contributed by atoms with Crippen LogP contribution in [-0.2, 0) is 6.54 Å². The van der Waals surface area contributed by atoms with Gasteiger partial charge in [0.1, 0.15) is 5.52 Å². The van der Waals surface area contributed by atoms with E-state index < -0.39 is 11.6 Å². The summed E-state index contributed by atoms with van der Waals surface area (Å²) >= 11 is 0. The third-order valence-electron chi connectivity index (χ3n) is 5.28. The quantitative estimate of drug-likeness (QED) is 0.466. The second-order valence-electron chi connectivity index (χ2n) is 7.98. The molecule has 1 amide bonds. The van der Waals surface area contributed by atoms with Gasteiger partial charge in [-0.05, 0) is 45.4 Å². The Morgan fingerprint density at radius 1 is 1.16 bits per heavy atom. The fraction of sp³-hybridized carbons (Fsp3) is 0.261. The summed E-state index contributed by atoms with van der Waals surface area (Å²) in [4.78, 5) is 47.5. The summed E-state index contributed by atoms with van der Waals surface area (Å²) in [5.41, 5.74) is 7.69. The van der Waals surface area contributed by atoms with Gasteiger partial charge in [-0.1, -0.05) is 23.8 Å². The van der Waals surface area contributed by atoms with Gasteiger partial charge in [-0.25, -0.2) is 14.8 Å². The van der Waals surface area contributed by atoms with Crippen molar-refractivity contribution in [3.63, 3.8) is 0 Å². The van der Waals surface area contributed by atoms with Gasteiger partial charge in [0.2, 0.25) is 0 Å². The Hall–Kier alpha value is -4.01. The zero-order valence-electron chi connectivity index (χ0n) is 18.2. The van der Waals surface area contributed by atoms with Crippen molar-refractivity contribution in [2.45, 2.75) is 40.3 Å². The van der Waals surface area contributed by atoms with E-state index in [1.54, 1.807) is 18.2 Å². The summed E-state index contributed by atoms with van der Waals surface area (Å²) in [7, 11) is 0. The molecule has 0 spiro atoms. The molecule has 9 heteroatoms. The fourth-order valence-electron chi connectivity index (χ4n) is 3.83. The molecule has 0 saturated carbocycles. The first-order chi connectivity index (χ1) is 15.2. The standard InChI is InChI=1S/C23H23N5O4/c1-12(2)28-22-19(18(20(24)30)25-21(26-22)17-6-5-9-32-17)27(23(28)31)11-16(29)15-8-7-13(3)10-14(15)4/h5-10,12H,11H2,1-4H3,(H2,24,30). The third-order valence-corrected chi connectivity index (χ3v) is 5.28. The molecule has 0 aliphatic carbocycles. The average molecular weight is 433 g/mol. The molecule has 0 atom stereocenters. The molecule has 1 aromatic carbocycles. The Kier molecular flexibility index (Phi) is 5.25. The van der Waals surface area contributed by atoms with E-state index >= 15 is 0 Å². The van der Waals surface area contributed by atoms with Crippen LogP contribution < -0.4 is 11.4 Å². The highest BCUT2D eigenvalue weighted by atomic mass is 16.3. The van der Waals surface area contributed by atoms with Crippen LogP contribution in [-0.4, -0.2) is 30.8 Å². The molecule has 0 aliphatic rings. The van der Waals surface area contributed by atoms with Gasteiger partial charge in [0.25, 0.3) is 5.91 Å². The Bertz CT molecular complexity index is 1410. The number of carbonyl (C=O) groups excluding carboxylic acids is 2. The number of aromatic nitrogens is 4. The number of hydrogen-bond donors (Lipinski definition) is 1. The highest BCUT2D eigenvalue weighted by molar-refractivity contribution is 6.03. The van der Waals surface area contributed by atoms with Gasteiger partial charge >= 0.3 is 5.69 Å². The Labute approximate surface area is 183 Å². The summed E-state index contributed by atoms with van der Waals surface area (Å²) in [6.45, 7) is 7.14. The van der Waals surface area contributed by atoms with Crippen LogP contribution in [0.4, 0.5) is 0 Å². The highest BCUT2D eigenvalue weighted by Gasteiger charge is 2.26. The van der Waals surface area contributed by atoms with E-state index in [4.69, 9.17) is 10.2 Å². The zero-order valence-corrected chi connectivity index (χ0v) is 18.2. The largest absolute Gasteiger partial charge is 0.461 e. The molecule has 0 bridgehead atoms. The van der Waals surface area contributed by atoms with Gasteiger partial charge in [-0.15, -0.1) is 0 Å². The van der Waals surface area contributed by atoms with Crippen molar-refractivity contribution in [3.8, 4) is 11.6 Å². The molecule has 0 saturated heterocycles. The minimum atomic E-state index is -0.834. The van der Waals surface area contributed by atoms with E-state index in [2.05, 4.69) is 9.97 Å². The maximum absolute atomic E-state index is 13.3. The first-order valence-electron chi connectivity index (χ1n) is 10.2. The smallest absolute Gasteiger partial charge is 0.331 e. The molecule has 0 unspecified atom stereocenters. The first-order valence-corrected chi connectivity index (χ1v) is 10.2. The number of benzene rings is 1. The predicted octanol–water partition coefficient (Wildman–Crippen LogP) is 3.03. The normalized spacial score (nSPS) is 11.4. The number of rotatable bonds is 6. The monoisotopic (exact) mass is 433 g/mol. The number of imidazole rings is 1. The predicted molar refractivity (Wildman–Crippen MR) is 119 cm³/mol. The van der Waals surface area contributed by atoms with Gasteiger partial charge in [-0.3, -0.25) is 18.7 Å². The number of aryl methyl sites for hydroxylation is 2. The Morgan fingerprint density at radius 2 is 1.91 bits per heavy atom. The minimum Gasteiger partial charge on any atom is -0.461 e. The van der Waals surface area contributed by atoms with Crippen LogP contribution in [0.5, 0.6) is 0 Å². The number of fused-ring (bicyclic) bond motifs is 1. The lowest BCUT2D eigenvalue weighted by atomic mass is 10.0. The number of nitrogens with two attached hydrogens (primary N) is 1. The molecule has 0 aliphatic heterocycles. The van der Waals surface area contributed by atoms with E-state index in [0.717, 1.165) is 11.1 Å². The lowest BCUT2D eigenvalue weighted by Gasteiger charge is -2.08. The highest BCUT2D eigenvalue weighted by Crippen LogP contribution is 2.24. The molecule has 9 nitrogen and oxygen atoms in total. The average Bonchev–Trinajstić information content (AvgIpc) is 3.34. The lowest BCUT2D eigenvalue weighted by molar-refractivity contribution is 0.0965. The first kappa shape index (κ1) is 21.2. The number of ketones is 1. The van der Waals surface area contributed by atoms with Crippen molar-refractivity contribution in [1.29, 1.82) is 0 Å². The van der Waals surface area contributed by atoms with Crippen LogP contribution in [0.1, 0.15) is 51.9 Å². The number of amides is 1. The number of Topliss-reactive ketones (excluding diaryl/α,β-unsaturated/α-hetero) is 1. The van der Waals surface area contributed by atoms with E-state index in [-0.39, 0.29) is 41.1 Å². The van der Waals surface area contributed by atoms with Crippen LogP contribution in [0.3, 0.4) is 0 Å².